The van der Waals surface area contributed by atoms with E-state index in [4.69, 9.17) is 0 Å². The van der Waals surface area contributed by atoms with E-state index in [0.717, 1.165) is 0 Å². The molecule has 0 unspecified atom stereocenters. The van der Waals surface area contributed by atoms with Gasteiger partial charge in [-0.15, -0.1) is 46.4 Å². The molecule has 0 aromatic heterocycles. The summed E-state index contributed by atoms with van der Waals surface area (Å²) in [6.07, 6.45) is 0. The molecule has 0 spiro atoms. The normalized spacial score (nSPS) is 0. The Morgan fingerprint density at radius 3 is 0.750 bits per heavy atom. The zero-order chi connectivity index (χ0) is 0. The molecule has 0 N–H and O–H groups in total. The summed E-state index contributed by atoms with van der Waals surface area (Å²) >= 11 is 0. The molecule has 4 heavy (non-hydrogen) atoms. The fourth-order valence-corrected chi connectivity index (χ4v) is 0. The van der Waals surface area contributed by atoms with Crippen molar-refractivity contribution < 1.29 is 0 Å². The van der Waals surface area contributed by atoms with Crippen LogP contribution < -0.4 is 0 Å². The molecule has 0 aliphatic heterocycles. The topological polar surface area (TPSA) is 0 Å². The summed E-state index contributed by atoms with van der Waals surface area (Å²) in [6.45, 7) is 0. The first-order chi connectivity index (χ1) is 0. The third-order valence-corrected chi connectivity index (χ3v) is 0. The molecule has 0 bridgehead atoms. The first kappa shape index (κ1) is 57.2. The lowest BCUT2D eigenvalue weighted by Crippen LogP contribution is -0.381. The molecule has 0 saturated heterocycles. The van der Waals surface area contributed by atoms with Crippen LogP contribution >= 0.6 is 46.4 Å². The van der Waals surface area contributed by atoms with Gasteiger partial charge in [0.15, 0.2) is 0 Å². The zero-order valence-corrected chi connectivity index (χ0v) is 6.04. The Hall–Kier alpha value is 1.31. The summed E-state index contributed by atoms with van der Waals surface area (Å²) in [5.74, 6) is 0. The van der Waals surface area contributed by atoms with Gasteiger partial charge in [0.2, 0.25) is 0 Å². The molecule has 0 amide bonds. The van der Waals surface area contributed by atoms with Crippen molar-refractivity contribution in [1.29, 1.82) is 0 Å². The van der Waals surface area contributed by atoms with Crippen molar-refractivity contribution in [1.82, 2.24) is 0 Å². The van der Waals surface area contributed by atoms with Crippen LogP contribution in [0.1, 0.15) is 0 Å². The van der Waals surface area contributed by atoms with Crippen molar-refractivity contribution >= 4 is 54.8 Å². The number of halogens is 3. The lowest BCUT2D eigenvalue weighted by molar-refractivity contribution is 5.75. The Kier molecular flexibility index (Phi) is 392. The maximum absolute atomic E-state index is 0. The molecule has 0 heterocycles. The van der Waals surface area contributed by atoms with Gasteiger partial charge in [-0.3, -0.25) is 0 Å². The molecular weight excluding hydrogens is 206 g/mol. The number of rotatable bonds is 0. The summed E-state index contributed by atoms with van der Waals surface area (Å²) in [5.41, 5.74) is 0. The molecule has 0 saturated carbocycles. The molecule has 0 atom stereocenters. The largest absolute Gasteiger partial charge is 0.147 e. The highest BCUT2D eigenvalue weighted by atomic mass is 79.9. The van der Waals surface area contributed by atoms with Crippen molar-refractivity contribution in [2.24, 2.45) is 0 Å². The van der Waals surface area contributed by atoms with E-state index in [-0.39, 0.29) is 54.8 Å². The smallest absolute Gasteiger partial charge is 0 e. The Balaban J connectivity index is 0. The second-order valence-electron chi connectivity index (χ2n) is 0. The van der Waals surface area contributed by atoms with Crippen LogP contribution in [0.15, 0.2) is 0 Å². The number of hydrogen-bond donors (Lipinski definition) is 0. The Morgan fingerprint density at radius 1 is 0.750 bits per heavy atom. The third kappa shape index (κ3) is 10.3. The van der Waals surface area contributed by atoms with E-state index in [1.807, 2.05) is 0 Å². The maximum Gasteiger partial charge on any atom is 0 e. The summed E-state index contributed by atoms with van der Waals surface area (Å²) in [4.78, 5) is 0. The summed E-state index contributed by atoms with van der Waals surface area (Å²) in [6, 6.07) is 0. The van der Waals surface area contributed by atoms with E-state index < -0.39 is 0 Å². The van der Waals surface area contributed by atoms with Crippen LogP contribution in [0.4, 0.5) is 0 Å². The second kappa shape index (κ2) is 27.4. The van der Waals surface area contributed by atoms with Gasteiger partial charge in [0, 0.05) is 8.41 Å². The highest BCUT2D eigenvalue weighted by molar-refractivity contribution is 8.93. The van der Waals surface area contributed by atoms with Crippen LogP contribution in [0.5, 0.6) is 0 Å². The molecule has 0 aliphatic rings. The molecule has 3 radical (unpaired) electrons. The zero-order valence-electron chi connectivity index (χ0n) is 1.80. The first-order valence-electron chi connectivity index (χ1n) is 0. The minimum Gasteiger partial charge on any atom is -0.147 e. The van der Waals surface area contributed by atoms with Gasteiger partial charge in [-0.2, -0.15) is 0 Å². The third-order valence-electron chi connectivity index (χ3n) is 0. The fourth-order valence-electron chi connectivity index (χ4n) is 0. The van der Waals surface area contributed by atoms with E-state index in [1.165, 1.54) is 0 Å². The fraction of sp³-hybridized carbons (Fsp3) is 0. The maximum atomic E-state index is 0. The van der Waals surface area contributed by atoms with Crippen LogP contribution in [0.25, 0.3) is 0 Å². The van der Waals surface area contributed by atoms with E-state index in [0.29, 0.717) is 0 Å². The Labute approximate surface area is 54.9 Å². The van der Waals surface area contributed by atoms with E-state index in [1.54, 1.807) is 0 Å². The monoisotopic (exact) mass is 207 g/mol. The first-order valence-corrected chi connectivity index (χ1v) is 0. The van der Waals surface area contributed by atoms with Gasteiger partial charge in [-0.05, 0) is 0 Å². The lowest BCUT2D eigenvalue weighted by Gasteiger charge is -0.147. The molecule has 0 aliphatic carbocycles. The van der Waals surface area contributed by atoms with Crippen molar-refractivity contribution in [3.05, 3.63) is 0 Å². The predicted octanol–water partition coefficient (Wildman–Crippen LogP) is 1.20. The quantitative estimate of drug-likeness (QED) is 0.526. The summed E-state index contributed by atoms with van der Waals surface area (Å²) < 4.78 is 0. The SMILES string of the molecule is Br.Br.Cl.[B]. The highest BCUT2D eigenvalue weighted by Gasteiger charge is 0.0000248. The van der Waals surface area contributed by atoms with Crippen LogP contribution in [0, 0.1) is 0 Å². The van der Waals surface area contributed by atoms with Gasteiger partial charge in [-0.1, -0.05) is 0 Å². The van der Waals surface area contributed by atoms with Crippen LogP contribution in [0.3, 0.4) is 0 Å². The minimum atomic E-state index is 0. The van der Waals surface area contributed by atoms with E-state index in [2.05, 4.69) is 0 Å². The Morgan fingerprint density at radius 2 is 0.750 bits per heavy atom. The summed E-state index contributed by atoms with van der Waals surface area (Å²) in [7, 11) is 0. The standard InChI is InChI=1S/B.2BrH.ClH/h;3*1H. The van der Waals surface area contributed by atoms with Crippen molar-refractivity contribution in [2.75, 3.05) is 0 Å². The van der Waals surface area contributed by atoms with Gasteiger partial charge in [0.1, 0.15) is 0 Å². The molecule has 27 valence electrons. The summed E-state index contributed by atoms with van der Waals surface area (Å²) in [5, 5.41) is 0. The molecule has 0 rings (SSSR count). The average Bonchev–Trinajstić information content (AvgIpc) is 0. The second-order valence-corrected chi connectivity index (χ2v) is 0. The molecule has 0 aromatic rings. The van der Waals surface area contributed by atoms with Crippen molar-refractivity contribution in [3.8, 4) is 0 Å². The van der Waals surface area contributed by atoms with E-state index in [9.17, 15) is 0 Å². The molecule has 0 fully saturated rings. The lowest BCUT2D eigenvalue weighted by atomic mass is 10.8. The minimum absolute atomic E-state index is 0. The molecular formula is H3BBr2Cl. The van der Waals surface area contributed by atoms with Gasteiger partial charge in [0.05, 0.1) is 0 Å². The van der Waals surface area contributed by atoms with Gasteiger partial charge >= 0.3 is 0 Å². The van der Waals surface area contributed by atoms with E-state index >= 15 is 0 Å². The van der Waals surface area contributed by atoms with Gasteiger partial charge in [0.25, 0.3) is 0 Å². The molecule has 0 aromatic carbocycles. The number of hydrogen-bond acceptors (Lipinski definition) is 0. The van der Waals surface area contributed by atoms with Crippen LogP contribution in [-0.2, 0) is 0 Å². The van der Waals surface area contributed by atoms with Gasteiger partial charge in [-0.25, -0.2) is 0 Å². The average molecular weight is 209 g/mol. The van der Waals surface area contributed by atoms with Gasteiger partial charge < -0.3 is 0 Å². The Bertz CT molecular complexity index is 6.00. The van der Waals surface area contributed by atoms with Crippen molar-refractivity contribution in [3.63, 3.8) is 0 Å². The predicted molar refractivity (Wildman–Crippen MR) is 33.6 cm³/mol. The molecule has 4 heteroatoms. The van der Waals surface area contributed by atoms with Crippen LogP contribution in [-0.4, -0.2) is 8.41 Å². The highest BCUT2D eigenvalue weighted by Crippen LogP contribution is 0.847. The van der Waals surface area contributed by atoms with Crippen molar-refractivity contribution in [2.45, 2.75) is 0 Å². The van der Waals surface area contributed by atoms with Crippen LogP contribution in [0.2, 0.25) is 0 Å². The molecule has 0 nitrogen and oxygen atoms in total.